The number of hydrogen-bond donors (Lipinski definition) is 2. The van der Waals surface area contributed by atoms with Crippen LogP contribution in [0.5, 0.6) is 0 Å². The van der Waals surface area contributed by atoms with Crippen molar-refractivity contribution in [1.82, 2.24) is 0 Å². The number of quaternary nitrogens is 1. The Labute approximate surface area is 99.4 Å². The number of hydroxylamine groups is 2. The molecule has 0 aromatic rings. The van der Waals surface area contributed by atoms with Crippen LogP contribution in [0.25, 0.3) is 0 Å². The van der Waals surface area contributed by atoms with Crippen molar-refractivity contribution < 1.29 is 10.2 Å². The van der Waals surface area contributed by atoms with Crippen molar-refractivity contribution in [2.24, 2.45) is 0 Å². The zero-order valence-corrected chi connectivity index (χ0v) is 11.2. The van der Waals surface area contributed by atoms with Crippen molar-refractivity contribution in [2.75, 3.05) is 0 Å². The fourth-order valence-corrected chi connectivity index (χ4v) is 3.44. The van der Waals surface area contributed by atoms with Crippen LogP contribution in [0, 0.1) is 5.21 Å². The molecule has 0 aromatic carbocycles. The second-order valence-electron chi connectivity index (χ2n) is 5.37. The van der Waals surface area contributed by atoms with Crippen molar-refractivity contribution in [3.63, 3.8) is 0 Å². The monoisotopic (exact) mass is 229 g/mol. The summed E-state index contributed by atoms with van der Waals surface area (Å²) >= 11 is 0. The second-order valence-corrected chi connectivity index (χ2v) is 5.37. The largest absolute Gasteiger partial charge is 0.633 e. The number of aliphatic hydroxyl groups excluding tert-OH is 1. The molecule has 1 heterocycles. The molecule has 0 bridgehead atoms. The normalized spacial score (nSPS) is 32.6. The Bertz CT molecular complexity index is 200. The van der Waals surface area contributed by atoms with Gasteiger partial charge in [0.1, 0.15) is 0 Å². The lowest BCUT2D eigenvalue weighted by Crippen LogP contribution is -3.24. The van der Waals surface area contributed by atoms with Crippen LogP contribution in [-0.2, 0) is 0 Å². The van der Waals surface area contributed by atoms with E-state index >= 15 is 0 Å². The highest BCUT2D eigenvalue weighted by atomic mass is 16.5. The SMILES string of the molecule is CCC1(CC)CC(O)CC(CC)(CC)[NH+]1[O-]. The molecule has 0 unspecified atom stereocenters. The summed E-state index contributed by atoms with van der Waals surface area (Å²) in [5.41, 5.74) is -0.520. The van der Waals surface area contributed by atoms with E-state index < -0.39 is 0 Å². The van der Waals surface area contributed by atoms with Gasteiger partial charge < -0.3 is 15.4 Å². The first-order valence-electron chi connectivity index (χ1n) is 6.73. The summed E-state index contributed by atoms with van der Waals surface area (Å²) in [4.78, 5) is 0. The lowest BCUT2D eigenvalue weighted by Gasteiger charge is -2.58. The van der Waals surface area contributed by atoms with E-state index in [1.807, 2.05) is 0 Å². The third-order valence-corrected chi connectivity index (χ3v) is 4.92. The minimum absolute atomic E-state index is 0.260. The number of aliphatic hydroxyl groups is 1. The molecule has 0 radical (unpaired) electrons. The van der Waals surface area contributed by atoms with E-state index in [1.54, 1.807) is 0 Å². The second kappa shape index (κ2) is 5.03. The highest BCUT2D eigenvalue weighted by molar-refractivity contribution is 4.93. The van der Waals surface area contributed by atoms with Gasteiger partial charge in [-0.2, -0.15) is 0 Å². The number of piperidine rings is 1. The highest BCUT2D eigenvalue weighted by Crippen LogP contribution is 2.32. The molecule has 0 spiro atoms. The Morgan fingerprint density at radius 2 is 1.31 bits per heavy atom. The van der Waals surface area contributed by atoms with E-state index in [0.29, 0.717) is 17.9 Å². The van der Waals surface area contributed by atoms with Crippen LogP contribution in [0.1, 0.15) is 66.2 Å². The Morgan fingerprint density at radius 1 is 1.00 bits per heavy atom. The topological polar surface area (TPSA) is 47.7 Å². The minimum Gasteiger partial charge on any atom is -0.633 e. The third-order valence-electron chi connectivity index (χ3n) is 4.92. The molecule has 16 heavy (non-hydrogen) atoms. The van der Waals surface area contributed by atoms with Gasteiger partial charge in [0.15, 0.2) is 0 Å². The summed E-state index contributed by atoms with van der Waals surface area (Å²) in [6.07, 6.45) is 4.49. The molecule has 1 aliphatic heterocycles. The molecule has 3 nitrogen and oxygen atoms in total. The number of nitrogens with one attached hydrogen (secondary N) is 1. The van der Waals surface area contributed by atoms with E-state index in [9.17, 15) is 10.3 Å². The van der Waals surface area contributed by atoms with E-state index in [-0.39, 0.29) is 17.2 Å². The summed E-state index contributed by atoms with van der Waals surface area (Å²) in [6.45, 7) is 8.32. The van der Waals surface area contributed by atoms with Crippen molar-refractivity contribution in [3.8, 4) is 0 Å². The maximum Gasteiger partial charge on any atom is 0.0997 e. The maximum atomic E-state index is 12.7. The molecule has 0 saturated carbocycles. The van der Waals surface area contributed by atoms with Crippen molar-refractivity contribution in [2.45, 2.75) is 83.4 Å². The predicted molar refractivity (Wildman–Crippen MR) is 66.2 cm³/mol. The lowest BCUT2D eigenvalue weighted by molar-refractivity contribution is -0.966. The average Bonchev–Trinajstić information content (AvgIpc) is 2.32. The molecule has 1 fully saturated rings. The van der Waals surface area contributed by atoms with Crippen LogP contribution in [-0.4, -0.2) is 22.3 Å². The molecule has 0 aliphatic carbocycles. The summed E-state index contributed by atoms with van der Waals surface area (Å²) in [5.74, 6) is 0. The number of hydrogen-bond acceptors (Lipinski definition) is 2. The first-order chi connectivity index (χ1) is 7.50. The van der Waals surface area contributed by atoms with Gasteiger partial charge in [-0.1, -0.05) is 27.7 Å². The van der Waals surface area contributed by atoms with Gasteiger partial charge in [-0.3, -0.25) is 0 Å². The third kappa shape index (κ3) is 2.01. The van der Waals surface area contributed by atoms with Crippen LogP contribution in [0.15, 0.2) is 0 Å². The lowest BCUT2D eigenvalue weighted by atomic mass is 9.72. The number of rotatable bonds is 4. The van der Waals surface area contributed by atoms with Gasteiger partial charge in [0.25, 0.3) is 0 Å². The summed E-state index contributed by atoms with van der Waals surface area (Å²) in [7, 11) is 0. The first-order valence-corrected chi connectivity index (χ1v) is 6.73. The van der Waals surface area contributed by atoms with Gasteiger partial charge in [-0.15, -0.1) is 0 Å². The fourth-order valence-electron chi connectivity index (χ4n) is 3.44. The Hall–Kier alpha value is -0.120. The molecule has 0 aromatic heterocycles. The van der Waals surface area contributed by atoms with E-state index in [0.717, 1.165) is 25.7 Å². The predicted octanol–water partition coefficient (Wildman–Crippen LogP) is 1.64. The molecule has 1 aliphatic rings. The van der Waals surface area contributed by atoms with E-state index in [2.05, 4.69) is 27.7 Å². The fraction of sp³-hybridized carbons (Fsp3) is 1.00. The van der Waals surface area contributed by atoms with Crippen LogP contribution in [0.4, 0.5) is 0 Å². The molecular weight excluding hydrogens is 202 g/mol. The van der Waals surface area contributed by atoms with Crippen molar-refractivity contribution in [1.29, 1.82) is 0 Å². The van der Waals surface area contributed by atoms with E-state index in [4.69, 9.17) is 0 Å². The molecule has 0 amide bonds. The molecule has 0 atom stereocenters. The molecule has 2 N–H and O–H groups in total. The summed E-state index contributed by atoms with van der Waals surface area (Å²) in [5, 5.41) is 23.2. The van der Waals surface area contributed by atoms with Crippen LogP contribution < -0.4 is 5.06 Å². The van der Waals surface area contributed by atoms with Gasteiger partial charge >= 0.3 is 0 Å². The smallest absolute Gasteiger partial charge is 0.0997 e. The average molecular weight is 229 g/mol. The summed E-state index contributed by atoms with van der Waals surface area (Å²) < 4.78 is 0. The quantitative estimate of drug-likeness (QED) is 0.720. The zero-order chi connectivity index (χ0) is 12.4. The van der Waals surface area contributed by atoms with Gasteiger partial charge in [-0.25, -0.2) is 0 Å². The van der Waals surface area contributed by atoms with Crippen LogP contribution >= 0.6 is 0 Å². The zero-order valence-electron chi connectivity index (χ0n) is 11.2. The van der Waals surface area contributed by atoms with Gasteiger partial charge in [0.2, 0.25) is 0 Å². The Kier molecular flexibility index (Phi) is 4.38. The van der Waals surface area contributed by atoms with Gasteiger partial charge in [0, 0.05) is 12.8 Å². The minimum atomic E-state index is -0.294. The maximum absolute atomic E-state index is 12.7. The van der Waals surface area contributed by atoms with Gasteiger partial charge in [0.05, 0.1) is 17.2 Å². The molecular formula is C13H27NO2. The van der Waals surface area contributed by atoms with Crippen molar-refractivity contribution >= 4 is 0 Å². The highest BCUT2D eigenvalue weighted by Gasteiger charge is 2.51. The molecule has 3 heteroatoms. The first kappa shape index (κ1) is 13.9. The Morgan fingerprint density at radius 3 is 1.56 bits per heavy atom. The van der Waals surface area contributed by atoms with Gasteiger partial charge in [-0.05, 0) is 25.7 Å². The standard InChI is InChI=1S/C13H27NO2/c1-5-12(6-2)9-11(15)10-13(7-3,8-4)14(12)16/h11,14-15H,5-10H2,1-4H3. The van der Waals surface area contributed by atoms with E-state index in [1.165, 1.54) is 0 Å². The van der Waals surface area contributed by atoms with Crippen molar-refractivity contribution in [3.05, 3.63) is 5.21 Å². The summed E-state index contributed by atoms with van der Waals surface area (Å²) in [6, 6.07) is 0. The Balaban J connectivity index is 3.06. The molecule has 1 saturated heterocycles. The van der Waals surface area contributed by atoms with Crippen LogP contribution in [0.3, 0.4) is 0 Å². The molecule has 96 valence electrons. The molecule has 1 rings (SSSR count). The van der Waals surface area contributed by atoms with Crippen LogP contribution in [0.2, 0.25) is 0 Å².